The average Bonchev–Trinajstić information content (AvgIpc) is 2.06. The van der Waals surface area contributed by atoms with Gasteiger partial charge in [0.15, 0.2) is 0 Å². The molecule has 0 unspecified atom stereocenters. The minimum absolute atomic E-state index is 0.194. The van der Waals surface area contributed by atoms with Crippen LogP contribution in [0.2, 0.25) is 0 Å². The van der Waals surface area contributed by atoms with E-state index in [0.717, 1.165) is 6.42 Å². The first-order chi connectivity index (χ1) is 5.83. The maximum atomic E-state index is 8.42. The molecule has 0 amide bonds. The molecule has 0 radical (unpaired) electrons. The van der Waals surface area contributed by atoms with Crippen LogP contribution in [0.3, 0.4) is 0 Å². The minimum atomic E-state index is 0.194. The van der Waals surface area contributed by atoms with Crippen LogP contribution >= 0.6 is 23.2 Å². The summed E-state index contributed by atoms with van der Waals surface area (Å²) in [4.78, 5) is 0. The first kappa shape index (κ1) is 15.0. The van der Waals surface area contributed by atoms with Crippen LogP contribution in [0.4, 0.5) is 0 Å². The summed E-state index contributed by atoms with van der Waals surface area (Å²) in [5.41, 5.74) is 0. The topological polar surface area (TPSA) is 20.2 Å². The quantitative estimate of drug-likeness (QED) is 0.528. The molecule has 0 spiro atoms. The molecule has 0 saturated carbocycles. The van der Waals surface area contributed by atoms with Gasteiger partial charge >= 0.3 is 0 Å². The second kappa shape index (κ2) is 17.6. The largest absolute Gasteiger partial charge is 0.396 e. The van der Waals surface area contributed by atoms with E-state index in [4.69, 9.17) is 28.3 Å². The van der Waals surface area contributed by atoms with E-state index in [1.165, 1.54) is 32.1 Å². The lowest BCUT2D eigenvalue weighted by Gasteiger charge is -1.95. The van der Waals surface area contributed by atoms with E-state index in [1.54, 1.807) is 0 Å². The fraction of sp³-hybridized carbons (Fsp3) is 1.00. The van der Waals surface area contributed by atoms with Crippen molar-refractivity contribution in [1.82, 2.24) is 0 Å². The van der Waals surface area contributed by atoms with Crippen LogP contribution in [0.15, 0.2) is 0 Å². The lowest BCUT2D eigenvalue weighted by atomic mass is 10.1. The highest BCUT2D eigenvalue weighted by Gasteiger charge is 1.86. The van der Waals surface area contributed by atoms with E-state index in [2.05, 4.69) is 6.92 Å². The van der Waals surface area contributed by atoms with Gasteiger partial charge in [-0.05, 0) is 6.42 Å². The number of rotatable bonds is 6. The standard InChI is InChI=1S/C8H18O.CH2Cl2/c1-2-3-4-5-6-7-8-9;2-1-3/h9H,2-8H2,1H3;1H2. The van der Waals surface area contributed by atoms with Gasteiger partial charge in [-0.15, -0.1) is 23.2 Å². The maximum Gasteiger partial charge on any atom is 0.0967 e. The van der Waals surface area contributed by atoms with Gasteiger partial charge in [0.25, 0.3) is 0 Å². The van der Waals surface area contributed by atoms with Crippen molar-refractivity contribution in [2.45, 2.75) is 45.4 Å². The number of halogens is 2. The van der Waals surface area contributed by atoms with Crippen LogP contribution in [-0.2, 0) is 0 Å². The van der Waals surface area contributed by atoms with Gasteiger partial charge in [0.1, 0.15) is 0 Å². The van der Waals surface area contributed by atoms with Crippen molar-refractivity contribution in [2.24, 2.45) is 0 Å². The van der Waals surface area contributed by atoms with Crippen molar-refractivity contribution >= 4 is 23.2 Å². The number of aliphatic hydroxyl groups excluding tert-OH is 1. The maximum absolute atomic E-state index is 8.42. The third-order valence-electron chi connectivity index (χ3n) is 1.51. The van der Waals surface area contributed by atoms with Crippen LogP contribution in [0.1, 0.15) is 45.4 Å². The van der Waals surface area contributed by atoms with E-state index in [1.807, 2.05) is 0 Å². The van der Waals surface area contributed by atoms with E-state index in [-0.39, 0.29) is 5.34 Å². The van der Waals surface area contributed by atoms with Crippen molar-refractivity contribution in [3.05, 3.63) is 0 Å². The highest BCUT2D eigenvalue weighted by Crippen LogP contribution is 2.03. The minimum Gasteiger partial charge on any atom is -0.396 e. The Balaban J connectivity index is 0. The smallest absolute Gasteiger partial charge is 0.0967 e. The number of hydrogen-bond donors (Lipinski definition) is 1. The number of alkyl halides is 2. The van der Waals surface area contributed by atoms with Gasteiger partial charge < -0.3 is 5.11 Å². The molecule has 0 fully saturated rings. The Morgan fingerprint density at radius 1 is 0.917 bits per heavy atom. The molecule has 0 aromatic rings. The molecule has 0 aromatic heterocycles. The highest BCUT2D eigenvalue weighted by molar-refractivity contribution is 6.40. The van der Waals surface area contributed by atoms with E-state index < -0.39 is 0 Å². The molecule has 0 aromatic carbocycles. The van der Waals surface area contributed by atoms with Crippen LogP contribution in [-0.4, -0.2) is 17.1 Å². The molecule has 3 heteroatoms. The van der Waals surface area contributed by atoms with Gasteiger partial charge in [0, 0.05) is 6.61 Å². The summed E-state index contributed by atoms with van der Waals surface area (Å²) in [6.45, 7) is 2.58. The van der Waals surface area contributed by atoms with Crippen LogP contribution in [0.25, 0.3) is 0 Å². The molecule has 0 bridgehead atoms. The molecule has 0 aliphatic heterocycles. The van der Waals surface area contributed by atoms with Gasteiger partial charge in [-0.1, -0.05) is 39.0 Å². The molecule has 0 atom stereocenters. The first-order valence-electron chi connectivity index (χ1n) is 4.56. The third kappa shape index (κ3) is 22.4. The zero-order chi connectivity index (χ0) is 9.66. The molecular weight excluding hydrogens is 195 g/mol. The predicted molar refractivity (Wildman–Crippen MR) is 57.0 cm³/mol. The molecule has 1 N–H and O–H groups in total. The molecule has 1 nitrogen and oxygen atoms in total. The summed E-state index contributed by atoms with van der Waals surface area (Å²) in [5.74, 6) is 0. The second-order valence-electron chi connectivity index (χ2n) is 2.59. The van der Waals surface area contributed by atoms with E-state index in [9.17, 15) is 0 Å². The third-order valence-corrected chi connectivity index (χ3v) is 1.51. The first-order valence-corrected chi connectivity index (χ1v) is 5.63. The highest BCUT2D eigenvalue weighted by atomic mass is 35.5. The summed E-state index contributed by atoms with van der Waals surface area (Å²) in [6.07, 6.45) is 7.50. The normalized spacial score (nSPS) is 9.00. The summed E-state index contributed by atoms with van der Waals surface area (Å²) in [6, 6.07) is 0. The van der Waals surface area contributed by atoms with Crippen molar-refractivity contribution in [2.75, 3.05) is 11.9 Å². The van der Waals surface area contributed by atoms with Gasteiger partial charge in [-0.2, -0.15) is 0 Å². The molecule has 0 aliphatic rings. The van der Waals surface area contributed by atoms with Crippen molar-refractivity contribution in [1.29, 1.82) is 0 Å². The Morgan fingerprint density at radius 2 is 1.33 bits per heavy atom. The summed E-state index contributed by atoms with van der Waals surface area (Å²) < 4.78 is 0. The number of unbranched alkanes of at least 4 members (excludes halogenated alkanes) is 5. The van der Waals surface area contributed by atoms with Gasteiger partial charge in [-0.25, -0.2) is 0 Å². The fourth-order valence-electron chi connectivity index (χ4n) is 0.892. The van der Waals surface area contributed by atoms with Crippen molar-refractivity contribution < 1.29 is 5.11 Å². The predicted octanol–water partition coefficient (Wildman–Crippen LogP) is 3.76. The van der Waals surface area contributed by atoms with Gasteiger partial charge in [0.05, 0.1) is 5.34 Å². The Labute approximate surface area is 86.1 Å². The van der Waals surface area contributed by atoms with Gasteiger partial charge in [0.2, 0.25) is 0 Å². The summed E-state index contributed by atoms with van der Waals surface area (Å²) in [5, 5.41) is 8.62. The number of hydrogen-bond acceptors (Lipinski definition) is 1. The molecule has 0 rings (SSSR count). The monoisotopic (exact) mass is 214 g/mol. The molecule has 12 heavy (non-hydrogen) atoms. The zero-order valence-corrected chi connectivity index (χ0v) is 9.37. The van der Waals surface area contributed by atoms with Crippen LogP contribution < -0.4 is 0 Å². The van der Waals surface area contributed by atoms with Crippen LogP contribution in [0, 0.1) is 0 Å². The molecule has 0 aliphatic carbocycles. The lowest BCUT2D eigenvalue weighted by Crippen LogP contribution is -1.82. The molecular formula is C9H20Cl2O. The fourth-order valence-corrected chi connectivity index (χ4v) is 0.892. The molecule has 0 saturated heterocycles. The van der Waals surface area contributed by atoms with E-state index in [0.29, 0.717) is 6.61 Å². The Bertz CT molecular complexity index is 54.5. The van der Waals surface area contributed by atoms with Gasteiger partial charge in [-0.3, -0.25) is 0 Å². The SMILES string of the molecule is CCCCCCCCO.ClCCl. The van der Waals surface area contributed by atoms with Crippen molar-refractivity contribution in [3.63, 3.8) is 0 Å². The lowest BCUT2D eigenvalue weighted by molar-refractivity contribution is 0.282. The molecule has 0 heterocycles. The Morgan fingerprint density at radius 3 is 1.75 bits per heavy atom. The second-order valence-corrected chi connectivity index (χ2v) is 3.40. The van der Waals surface area contributed by atoms with Crippen molar-refractivity contribution in [3.8, 4) is 0 Å². The van der Waals surface area contributed by atoms with Crippen LogP contribution in [0.5, 0.6) is 0 Å². The summed E-state index contributed by atoms with van der Waals surface area (Å²) in [7, 11) is 0. The summed E-state index contributed by atoms with van der Waals surface area (Å²) >= 11 is 9.53. The van der Waals surface area contributed by atoms with E-state index >= 15 is 0 Å². The zero-order valence-electron chi connectivity index (χ0n) is 7.86. The molecule has 76 valence electrons. The Kier molecular flexibility index (Phi) is 22.0. The average molecular weight is 215 g/mol. The Hall–Kier alpha value is 0.540. The number of aliphatic hydroxyl groups is 1.